The molecule has 1 aromatic carbocycles. The maximum atomic E-state index is 12.3. The van der Waals surface area contributed by atoms with Gasteiger partial charge < -0.3 is 15.4 Å². The van der Waals surface area contributed by atoms with Crippen LogP contribution in [0.2, 0.25) is 0 Å². The van der Waals surface area contributed by atoms with Crippen LogP contribution in [0.1, 0.15) is 24.2 Å². The van der Waals surface area contributed by atoms with Crippen molar-refractivity contribution in [2.45, 2.75) is 13.8 Å². The molecule has 0 saturated carbocycles. The van der Waals surface area contributed by atoms with E-state index in [4.69, 9.17) is 4.74 Å². The first-order valence-electron chi connectivity index (χ1n) is 6.97. The van der Waals surface area contributed by atoms with Crippen LogP contribution in [0.3, 0.4) is 0 Å². The van der Waals surface area contributed by atoms with E-state index in [9.17, 15) is 4.79 Å². The number of nitrogens with zero attached hydrogens (tertiary/aromatic N) is 1. The maximum Gasteiger partial charge on any atom is 0.255 e. The molecule has 21 heavy (non-hydrogen) atoms. The van der Waals surface area contributed by atoms with Crippen LogP contribution in [0.4, 0.5) is 11.5 Å². The number of anilines is 2. The van der Waals surface area contributed by atoms with Crippen molar-refractivity contribution >= 4 is 17.4 Å². The number of ether oxygens (including phenoxy) is 1. The van der Waals surface area contributed by atoms with Gasteiger partial charge in [-0.15, -0.1) is 0 Å². The number of aromatic nitrogens is 1. The van der Waals surface area contributed by atoms with E-state index in [0.29, 0.717) is 29.4 Å². The predicted octanol–water partition coefficient (Wildman–Crippen LogP) is 3.16. The van der Waals surface area contributed by atoms with Gasteiger partial charge in [-0.3, -0.25) is 4.79 Å². The SMILES string of the molecule is CCNc1cc(C(=O)Nc2ccccc2OCC)ccn1. The van der Waals surface area contributed by atoms with E-state index in [0.717, 1.165) is 6.54 Å². The van der Waals surface area contributed by atoms with E-state index in [1.54, 1.807) is 18.3 Å². The predicted molar refractivity (Wildman–Crippen MR) is 84.0 cm³/mol. The average molecular weight is 285 g/mol. The smallest absolute Gasteiger partial charge is 0.255 e. The van der Waals surface area contributed by atoms with Gasteiger partial charge in [-0.2, -0.15) is 0 Å². The van der Waals surface area contributed by atoms with Gasteiger partial charge >= 0.3 is 0 Å². The molecule has 2 rings (SSSR count). The molecular weight excluding hydrogens is 266 g/mol. The quantitative estimate of drug-likeness (QED) is 0.855. The molecule has 0 bridgehead atoms. The molecule has 5 nitrogen and oxygen atoms in total. The summed E-state index contributed by atoms with van der Waals surface area (Å²) in [6.07, 6.45) is 1.61. The average Bonchev–Trinajstić information content (AvgIpc) is 2.50. The largest absolute Gasteiger partial charge is 0.492 e. The van der Waals surface area contributed by atoms with Crippen LogP contribution in [0.15, 0.2) is 42.6 Å². The lowest BCUT2D eigenvalue weighted by atomic mass is 10.2. The number of para-hydroxylation sites is 2. The van der Waals surface area contributed by atoms with Crippen molar-refractivity contribution in [1.82, 2.24) is 4.98 Å². The minimum Gasteiger partial charge on any atom is -0.492 e. The third-order valence-electron chi connectivity index (χ3n) is 2.82. The van der Waals surface area contributed by atoms with Crippen molar-refractivity contribution in [3.8, 4) is 5.75 Å². The van der Waals surface area contributed by atoms with Crippen LogP contribution < -0.4 is 15.4 Å². The summed E-state index contributed by atoms with van der Waals surface area (Å²) in [5.74, 6) is 1.15. The fraction of sp³-hybridized carbons (Fsp3) is 0.250. The topological polar surface area (TPSA) is 63.2 Å². The zero-order valence-electron chi connectivity index (χ0n) is 12.2. The number of benzene rings is 1. The molecule has 0 fully saturated rings. The Hall–Kier alpha value is -2.56. The summed E-state index contributed by atoms with van der Waals surface area (Å²) in [4.78, 5) is 16.5. The Bertz CT molecular complexity index is 614. The zero-order valence-corrected chi connectivity index (χ0v) is 12.2. The van der Waals surface area contributed by atoms with Crippen molar-refractivity contribution in [3.05, 3.63) is 48.2 Å². The van der Waals surface area contributed by atoms with Crippen molar-refractivity contribution in [2.75, 3.05) is 23.8 Å². The second-order valence-electron chi connectivity index (χ2n) is 4.34. The van der Waals surface area contributed by atoms with Crippen LogP contribution in [-0.2, 0) is 0 Å². The molecule has 0 spiro atoms. The van der Waals surface area contributed by atoms with Gasteiger partial charge in [0.2, 0.25) is 0 Å². The third-order valence-corrected chi connectivity index (χ3v) is 2.82. The number of pyridine rings is 1. The van der Waals surface area contributed by atoms with Crippen molar-refractivity contribution in [1.29, 1.82) is 0 Å². The molecule has 0 aliphatic rings. The Morgan fingerprint density at radius 1 is 1.24 bits per heavy atom. The van der Waals surface area contributed by atoms with Gasteiger partial charge in [0.05, 0.1) is 12.3 Å². The van der Waals surface area contributed by atoms with Gasteiger partial charge in [0, 0.05) is 18.3 Å². The highest BCUT2D eigenvalue weighted by molar-refractivity contribution is 6.05. The summed E-state index contributed by atoms with van der Waals surface area (Å²) >= 11 is 0. The van der Waals surface area contributed by atoms with Gasteiger partial charge in [0.15, 0.2) is 0 Å². The van der Waals surface area contributed by atoms with Gasteiger partial charge in [0.25, 0.3) is 5.91 Å². The Labute approximate surface area is 124 Å². The minimum absolute atomic E-state index is 0.191. The number of carbonyl (C=O) groups excluding carboxylic acids is 1. The molecule has 2 aromatic rings. The Morgan fingerprint density at radius 3 is 2.81 bits per heavy atom. The Morgan fingerprint density at radius 2 is 2.05 bits per heavy atom. The highest BCUT2D eigenvalue weighted by Gasteiger charge is 2.10. The lowest BCUT2D eigenvalue weighted by Crippen LogP contribution is -2.13. The molecule has 5 heteroatoms. The first kappa shape index (κ1) is 14.8. The lowest BCUT2D eigenvalue weighted by molar-refractivity contribution is 0.102. The van der Waals surface area contributed by atoms with Gasteiger partial charge in [-0.05, 0) is 38.1 Å². The second kappa shape index (κ2) is 7.28. The molecule has 110 valence electrons. The summed E-state index contributed by atoms with van der Waals surface area (Å²) in [6, 6.07) is 10.8. The minimum atomic E-state index is -0.191. The molecule has 1 aromatic heterocycles. The van der Waals surface area contributed by atoms with E-state index in [1.807, 2.05) is 38.1 Å². The summed E-state index contributed by atoms with van der Waals surface area (Å²) in [5.41, 5.74) is 1.21. The molecule has 1 heterocycles. The first-order chi connectivity index (χ1) is 10.2. The van der Waals surface area contributed by atoms with E-state index < -0.39 is 0 Å². The second-order valence-corrected chi connectivity index (χ2v) is 4.34. The van der Waals surface area contributed by atoms with E-state index in [-0.39, 0.29) is 5.91 Å². The molecule has 0 atom stereocenters. The normalized spacial score (nSPS) is 10.0. The number of carbonyl (C=O) groups is 1. The van der Waals surface area contributed by atoms with Crippen molar-refractivity contribution in [3.63, 3.8) is 0 Å². The molecule has 0 radical (unpaired) electrons. The van der Waals surface area contributed by atoms with Crippen LogP contribution in [0.5, 0.6) is 5.75 Å². The standard InChI is InChI=1S/C16H19N3O2/c1-3-17-15-11-12(9-10-18-15)16(20)19-13-7-5-6-8-14(13)21-4-2/h5-11H,3-4H2,1-2H3,(H,17,18)(H,19,20). The molecule has 2 N–H and O–H groups in total. The number of rotatable bonds is 6. The summed E-state index contributed by atoms with van der Waals surface area (Å²) in [5, 5.41) is 5.94. The molecular formula is C16H19N3O2. The Kier molecular flexibility index (Phi) is 5.15. The zero-order chi connectivity index (χ0) is 15.1. The summed E-state index contributed by atoms with van der Waals surface area (Å²) in [6.45, 7) is 5.19. The highest BCUT2D eigenvalue weighted by Crippen LogP contribution is 2.24. The number of amides is 1. The van der Waals surface area contributed by atoms with Gasteiger partial charge in [-0.25, -0.2) is 4.98 Å². The summed E-state index contributed by atoms with van der Waals surface area (Å²) < 4.78 is 5.50. The number of nitrogens with one attached hydrogen (secondary N) is 2. The lowest BCUT2D eigenvalue weighted by Gasteiger charge is -2.11. The maximum absolute atomic E-state index is 12.3. The molecule has 0 unspecified atom stereocenters. The van der Waals surface area contributed by atoms with Crippen LogP contribution in [-0.4, -0.2) is 24.0 Å². The number of hydrogen-bond acceptors (Lipinski definition) is 4. The Balaban J connectivity index is 2.16. The molecule has 0 saturated heterocycles. The fourth-order valence-electron chi connectivity index (χ4n) is 1.90. The third kappa shape index (κ3) is 3.95. The highest BCUT2D eigenvalue weighted by atomic mass is 16.5. The van der Waals surface area contributed by atoms with Crippen LogP contribution >= 0.6 is 0 Å². The van der Waals surface area contributed by atoms with Crippen LogP contribution in [0, 0.1) is 0 Å². The molecule has 0 aliphatic heterocycles. The van der Waals surface area contributed by atoms with Gasteiger partial charge in [0.1, 0.15) is 11.6 Å². The fourth-order valence-corrected chi connectivity index (χ4v) is 1.90. The van der Waals surface area contributed by atoms with Crippen molar-refractivity contribution < 1.29 is 9.53 Å². The monoisotopic (exact) mass is 285 g/mol. The van der Waals surface area contributed by atoms with Crippen LogP contribution in [0.25, 0.3) is 0 Å². The summed E-state index contributed by atoms with van der Waals surface area (Å²) in [7, 11) is 0. The number of hydrogen-bond donors (Lipinski definition) is 2. The van der Waals surface area contributed by atoms with Gasteiger partial charge in [-0.1, -0.05) is 12.1 Å². The van der Waals surface area contributed by atoms with E-state index >= 15 is 0 Å². The van der Waals surface area contributed by atoms with Crippen molar-refractivity contribution in [2.24, 2.45) is 0 Å². The van der Waals surface area contributed by atoms with E-state index in [2.05, 4.69) is 15.6 Å². The molecule has 0 aliphatic carbocycles. The first-order valence-corrected chi connectivity index (χ1v) is 6.97. The molecule has 1 amide bonds. The van der Waals surface area contributed by atoms with E-state index in [1.165, 1.54) is 0 Å².